The van der Waals surface area contributed by atoms with Crippen molar-refractivity contribution >= 4 is 5.97 Å². The molecule has 1 saturated carbocycles. The Kier molecular flexibility index (Phi) is 3.93. The van der Waals surface area contributed by atoms with Crippen LogP contribution in [0.3, 0.4) is 0 Å². The predicted octanol–water partition coefficient (Wildman–Crippen LogP) is 3.18. The number of halogens is 2. The number of carboxylic acid groups (broad SMARTS) is 1. The molecule has 0 bridgehead atoms. The van der Waals surface area contributed by atoms with E-state index >= 15 is 0 Å². The first-order valence-electron chi connectivity index (χ1n) is 7.48. The van der Waals surface area contributed by atoms with Crippen molar-refractivity contribution < 1.29 is 18.7 Å². The fourth-order valence-electron chi connectivity index (χ4n) is 3.87. The van der Waals surface area contributed by atoms with E-state index in [0.717, 1.165) is 31.7 Å². The van der Waals surface area contributed by atoms with Crippen molar-refractivity contribution in [1.82, 2.24) is 4.90 Å². The molecule has 1 aliphatic heterocycles. The number of rotatable bonds is 3. The molecule has 1 aromatic carbocycles. The second-order valence-corrected chi connectivity index (χ2v) is 6.11. The first-order chi connectivity index (χ1) is 10.1. The number of hydrogen-bond acceptors (Lipinski definition) is 2. The highest BCUT2D eigenvalue weighted by atomic mass is 19.1. The summed E-state index contributed by atoms with van der Waals surface area (Å²) >= 11 is 0. The summed E-state index contributed by atoms with van der Waals surface area (Å²) in [5.41, 5.74) is 0.369. The molecule has 0 amide bonds. The van der Waals surface area contributed by atoms with Gasteiger partial charge in [-0.25, -0.2) is 8.78 Å². The van der Waals surface area contributed by atoms with Crippen molar-refractivity contribution in [2.24, 2.45) is 5.92 Å². The maximum absolute atomic E-state index is 13.8. The van der Waals surface area contributed by atoms with E-state index in [1.807, 2.05) is 4.90 Å². The predicted molar refractivity (Wildman–Crippen MR) is 73.7 cm³/mol. The van der Waals surface area contributed by atoms with Crippen molar-refractivity contribution in [2.75, 3.05) is 0 Å². The lowest BCUT2D eigenvalue weighted by Gasteiger charge is -2.33. The minimum Gasteiger partial charge on any atom is -0.480 e. The molecule has 2 fully saturated rings. The number of hydrogen-bond donors (Lipinski definition) is 1. The van der Waals surface area contributed by atoms with Crippen LogP contribution in [0.25, 0.3) is 0 Å². The molecule has 5 heteroatoms. The average Bonchev–Trinajstić information content (AvgIpc) is 2.81. The zero-order chi connectivity index (χ0) is 15.0. The van der Waals surface area contributed by atoms with Gasteiger partial charge in [0.05, 0.1) is 0 Å². The summed E-state index contributed by atoms with van der Waals surface area (Å²) in [6, 6.07) is 3.16. The minimum absolute atomic E-state index is 0.212. The Bertz CT molecular complexity index is 549. The second-order valence-electron chi connectivity index (χ2n) is 6.11. The highest BCUT2D eigenvalue weighted by Crippen LogP contribution is 2.40. The van der Waals surface area contributed by atoms with Gasteiger partial charge in [-0.15, -0.1) is 0 Å². The van der Waals surface area contributed by atoms with Crippen molar-refractivity contribution in [1.29, 1.82) is 0 Å². The molecule has 21 heavy (non-hydrogen) atoms. The SMILES string of the molecule is O=C(O)C1CC2CCCCC2N1Cc1ccc(F)cc1F. The molecule has 3 unspecified atom stereocenters. The van der Waals surface area contributed by atoms with Gasteiger partial charge in [0, 0.05) is 24.2 Å². The summed E-state index contributed by atoms with van der Waals surface area (Å²) in [5, 5.41) is 9.43. The maximum Gasteiger partial charge on any atom is 0.320 e. The van der Waals surface area contributed by atoms with Crippen LogP contribution in [0.5, 0.6) is 0 Å². The number of carbonyl (C=O) groups is 1. The number of carboxylic acids is 1. The van der Waals surface area contributed by atoms with Gasteiger partial charge < -0.3 is 5.11 Å². The Morgan fingerprint density at radius 1 is 1.29 bits per heavy atom. The largest absolute Gasteiger partial charge is 0.480 e. The molecule has 1 heterocycles. The normalized spacial score (nSPS) is 29.3. The van der Waals surface area contributed by atoms with E-state index < -0.39 is 23.6 Å². The highest BCUT2D eigenvalue weighted by Gasteiger charge is 2.45. The Labute approximate surface area is 122 Å². The minimum atomic E-state index is -0.841. The van der Waals surface area contributed by atoms with E-state index in [4.69, 9.17) is 0 Å². The third-order valence-electron chi connectivity index (χ3n) is 4.87. The van der Waals surface area contributed by atoms with Crippen LogP contribution in [-0.4, -0.2) is 28.1 Å². The Morgan fingerprint density at radius 2 is 2.05 bits per heavy atom. The van der Waals surface area contributed by atoms with Gasteiger partial charge in [-0.05, 0) is 31.2 Å². The zero-order valence-corrected chi connectivity index (χ0v) is 11.8. The van der Waals surface area contributed by atoms with Crippen LogP contribution in [0.1, 0.15) is 37.7 Å². The second kappa shape index (κ2) is 5.72. The number of aliphatic carboxylic acids is 1. The summed E-state index contributed by atoms with van der Waals surface area (Å²) in [6.07, 6.45) is 4.90. The number of nitrogens with zero attached hydrogens (tertiary/aromatic N) is 1. The van der Waals surface area contributed by atoms with Gasteiger partial charge in [0.2, 0.25) is 0 Å². The van der Waals surface area contributed by atoms with Crippen LogP contribution in [-0.2, 0) is 11.3 Å². The Hall–Kier alpha value is -1.49. The van der Waals surface area contributed by atoms with Gasteiger partial charge in [-0.3, -0.25) is 9.69 Å². The molecule has 1 aliphatic carbocycles. The van der Waals surface area contributed by atoms with Crippen molar-refractivity contribution in [3.05, 3.63) is 35.4 Å². The smallest absolute Gasteiger partial charge is 0.320 e. The van der Waals surface area contributed by atoms with Crippen LogP contribution in [0.15, 0.2) is 18.2 Å². The quantitative estimate of drug-likeness (QED) is 0.931. The molecule has 0 radical (unpaired) electrons. The molecule has 3 nitrogen and oxygen atoms in total. The summed E-state index contributed by atoms with van der Waals surface area (Å²) in [5.74, 6) is -1.66. The fourth-order valence-corrected chi connectivity index (χ4v) is 3.87. The molecule has 1 saturated heterocycles. The van der Waals surface area contributed by atoms with E-state index in [0.29, 0.717) is 17.9 Å². The molecule has 3 atom stereocenters. The van der Waals surface area contributed by atoms with Gasteiger partial charge in [-0.2, -0.15) is 0 Å². The molecule has 1 N–H and O–H groups in total. The fraction of sp³-hybridized carbons (Fsp3) is 0.562. The summed E-state index contributed by atoms with van der Waals surface area (Å²) in [4.78, 5) is 13.4. The molecule has 3 rings (SSSR count). The topological polar surface area (TPSA) is 40.5 Å². The summed E-state index contributed by atoms with van der Waals surface area (Å²) in [7, 11) is 0. The third-order valence-corrected chi connectivity index (χ3v) is 4.87. The van der Waals surface area contributed by atoms with E-state index in [-0.39, 0.29) is 12.6 Å². The van der Waals surface area contributed by atoms with Crippen molar-refractivity contribution in [3.8, 4) is 0 Å². The van der Waals surface area contributed by atoms with Crippen LogP contribution in [0.2, 0.25) is 0 Å². The van der Waals surface area contributed by atoms with Crippen LogP contribution >= 0.6 is 0 Å². The Morgan fingerprint density at radius 3 is 2.76 bits per heavy atom. The first-order valence-corrected chi connectivity index (χ1v) is 7.48. The molecule has 0 aromatic heterocycles. The number of likely N-dealkylation sites (tertiary alicyclic amines) is 1. The monoisotopic (exact) mass is 295 g/mol. The van der Waals surface area contributed by atoms with Gasteiger partial charge >= 0.3 is 5.97 Å². The van der Waals surface area contributed by atoms with Crippen LogP contribution < -0.4 is 0 Å². The lowest BCUT2D eigenvalue weighted by molar-refractivity contribution is -0.142. The van der Waals surface area contributed by atoms with Gasteiger partial charge in [0.25, 0.3) is 0 Å². The maximum atomic E-state index is 13.8. The lowest BCUT2D eigenvalue weighted by Crippen LogP contribution is -2.41. The standard InChI is InChI=1S/C16H19F2NO2/c17-12-6-5-11(13(18)8-12)9-19-14-4-2-1-3-10(14)7-15(19)16(20)21/h5-6,8,10,14-15H,1-4,7,9H2,(H,20,21). The molecule has 2 aliphatic rings. The highest BCUT2D eigenvalue weighted by molar-refractivity contribution is 5.74. The summed E-state index contributed by atoms with van der Waals surface area (Å²) < 4.78 is 26.8. The lowest BCUT2D eigenvalue weighted by atomic mass is 9.84. The molecule has 0 spiro atoms. The van der Waals surface area contributed by atoms with Crippen LogP contribution in [0.4, 0.5) is 8.78 Å². The summed E-state index contributed by atoms with van der Waals surface area (Å²) in [6.45, 7) is 0.240. The first kappa shape index (κ1) is 14.4. The van der Waals surface area contributed by atoms with Gasteiger partial charge in [0.15, 0.2) is 0 Å². The number of fused-ring (bicyclic) bond motifs is 1. The Balaban J connectivity index is 1.84. The van der Waals surface area contributed by atoms with Crippen molar-refractivity contribution in [3.63, 3.8) is 0 Å². The van der Waals surface area contributed by atoms with E-state index in [1.165, 1.54) is 12.1 Å². The van der Waals surface area contributed by atoms with Gasteiger partial charge in [0.1, 0.15) is 17.7 Å². The molecule has 114 valence electrons. The molecule has 1 aromatic rings. The van der Waals surface area contributed by atoms with E-state index in [1.54, 1.807) is 0 Å². The average molecular weight is 295 g/mol. The van der Waals surface area contributed by atoms with E-state index in [9.17, 15) is 18.7 Å². The molecular formula is C16H19F2NO2. The molecular weight excluding hydrogens is 276 g/mol. The van der Waals surface area contributed by atoms with E-state index in [2.05, 4.69) is 0 Å². The number of benzene rings is 1. The third kappa shape index (κ3) is 2.79. The van der Waals surface area contributed by atoms with Crippen molar-refractivity contribution in [2.45, 2.75) is 50.7 Å². The zero-order valence-electron chi connectivity index (χ0n) is 11.8. The van der Waals surface area contributed by atoms with Gasteiger partial charge in [-0.1, -0.05) is 18.9 Å². The van der Waals surface area contributed by atoms with Crippen LogP contribution in [0, 0.1) is 17.6 Å².